The van der Waals surface area contributed by atoms with Crippen LogP contribution in [0.3, 0.4) is 0 Å². The lowest BCUT2D eigenvalue weighted by atomic mass is 10.0. The maximum absolute atomic E-state index is 12.5. The highest BCUT2D eigenvalue weighted by molar-refractivity contribution is 7.92. The highest BCUT2D eigenvalue weighted by Crippen LogP contribution is 2.37. The van der Waals surface area contributed by atoms with Crippen molar-refractivity contribution in [2.24, 2.45) is 5.10 Å². The van der Waals surface area contributed by atoms with E-state index in [-0.39, 0.29) is 17.5 Å². The maximum Gasteiger partial charge on any atom is 0.250 e. The molecule has 0 fully saturated rings. The van der Waals surface area contributed by atoms with Gasteiger partial charge in [-0.25, -0.2) is 16.8 Å². The summed E-state index contributed by atoms with van der Waals surface area (Å²) in [6, 6.07) is 10.3. The molecule has 0 saturated carbocycles. The van der Waals surface area contributed by atoms with Crippen molar-refractivity contribution in [1.29, 1.82) is 0 Å². The fourth-order valence-corrected chi connectivity index (χ4v) is 5.31. The maximum atomic E-state index is 12.5. The van der Waals surface area contributed by atoms with Crippen molar-refractivity contribution >= 4 is 42.8 Å². The molecule has 1 aromatic carbocycles. The van der Waals surface area contributed by atoms with Gasteiger partial charge in [-0.15, -0.1) is 11.3 Å². The summed E-state index contributed by atoms with van der Waals surface area (Å²) in [6.07, 6.45) is 0.472. The highest BCUT2D eigenvalue weighted by Gasteiger charge is 2.36. The normalized spacial score (nSPS) is 17.8. The number of benzene rings is 1. The van der Waals surface area contributed by atoms with Gasteiger partial charge in [-0.1, -0.05) is 18.2 Å². The second kappa shape index (κ2) is 7.61. The molecule has 0 bridgehead atoms. The van der Waals surface area contributed by atoms with Gasteiger partial charge in [0.25, 0.3) is 0 Å². The molecule has 10 heteroatoms. The van der Waals surface area contributed by atoms with Gasteiger partial charge in [0.2, 0.25) is 20.0 Å². The van der Waals surface area contributed by atoms with Crippen LogP contribution in [-0.2, 0) is 20.0 Å². The van der Waals surface area contributed by atoms with E-state index in [1.54, 1.807) is 38.1 Å². The molecule has 0 amide bonds. The van der Waals surface area contributed by atoms with Crippen molar-refractivity contribution in [3.05, 3.63) is 52.2 Å². The van der Waals surface area contributed by atoms with Crippen molar-refractivity contribution < 1.29 is 16.8 Å². The first kappa shape index (κ1) is 19.8. The molecule has 7 nitrogen and oxygen atoms in total. The number of hydrogen-bond acceptors (Lipinski definition) is 6. The number of sulfonamides is 2. The fraction of sp³-hybridized carbons (Fsp3) is 0.353. The Bertz CT molecular complexity index is 1030. The van der Waals surface area contributed by atoms with E-state index in [0.717, 1.165) is 10.4 Å². The lowest BCUT2D eigenvalue weighted by Gasteiger charge is -2.21. The lowest BCUT2D eigenvalue weighted by molar-refractivity contribution is 0.376. The van der Waals surface area contributed by atoms with Crippen molar-refractivity contribution in [2.45, 2.75) is 26.3 Å². The predicted octanol–water partition coefficient (Wildman–Crippen LogP) is 3.01. The monoisotopic (exact) mass is 427 g/mol. The van der Waals surface area contributed by atoms with Crippen LogP contribution in [0.1, 0.15) is 36.8 Å². The highest BCUT2D eigenvalue weighted by atomic mass is 32.2. The summed E-state index contributed by atoms with van der Waals surface area (Å²) in [5, 5.41) is 6.30. The van der Waals surface area contributed by atoms with E-state index in [4.69, 9.17) is 0 Å². The van der Waals surface area contributed by atoms with Gasteiger partial charge in [-0.3, -0.25) is 4.72 Å². The van der Waals surface area contributed by atoms with Crippen molar-refractivity contribution in [2.75, 3.05) is 16.2 Å². The Balaban J connectivity index is 1.89. The summed E-state index contributed by atoms with van der Waals surface area (Å²) in [7, 11) is -6.83. The van der Waals surface area contributed by atoms with E-state index >= 15 is 0 Å². The third kappa shape index (κ3) is 4.33. The average molecular weight is 428 g/mol. The molecule has 1 atom stereocenters. The van der Waals surface area contributed by atoms with Gasteiger partial charge in [0, 0.05) is 17.0 Å². The summed E-state index contributed by atoms with van der Waals surface area (Å²) < 4.78 is 52.0. The standard InChI is InChI=1S/C17H21N3O4S3/c1-3-26(21,22)19-14-9-7-13(8-10-14)15-12-16(17-6-5-11-25-17)20(18-15)27(23,24)4-2/h5-11,16,19H,3-4,12H2,1-2H3/t16-/m1/s1. The van der Waals surface area contributed by atoms with Crippen LogP contribution in [0, 0.1) is 0 Å². The minimum atomic E-state index is -3.49. The largest absolute Gasteiger partial charge is 0.284 e. The number of nitrogens with zero attached hydrogens (tertiary/aromatic N) is 2. The van der Waals surface area contributed by atoms with Crippen molar-refractivity contribution in [1.82, 2.24) is 4.41 Å². The van der Waals surface area contributed by atoms with Gasteiger partial charge in [0.1, 0.15) is 6.04 Å². The molecule has 0 spiro atoms. The van der Waals surface area contributed by atoms with Gasteiger partial charge in [-0.05, 0) is 43.0 Å². The molecule has 146 valence electrons. The van der Waals surface area contributed by atoms with Crippen LogP contribution in [0.15, 0.2) is 46.9 Å². The van der Waals surface area contributed by atoms with Gasteiger partial charge in [0.05, 0.1) is 17.2 Å². The quantitative estimate of drug-likeness (QED) is 0.735. The average Bonchev–Trinajstić information content (AvgIpc) is 3.32. The summed E-state index contributed by atoms with van der Waals surface area (Å²) in [5.74, 6) is -0.0306. The Morgan fingerprint density at radius 2 is 1.81 bits per heavy atom. The first-order chi connectivity index (χ1) is 12.8. The molecule has 2 heterocycles. The number of rotatable bonds is 7. The van der Waals surface area contributed by atoms with Crippen LogP contribution >= 0.6 is 11.3 Å². The molecular formula is C17H21N3O4S3. The Morgan fingerprint density at radius 3 is 2.37 bits per heavy atom. The number of nitrogens with one attached hydrogen (secondary N) is 1. The topological polar surface area (TPSA) is 95.9 Å². The van der Waals surface area contributed by atoms with E-state index < -0.39 is 20.0 Å². The number of anilines is 1. The molecule has 0 unspecified atom stereocenters. The Morgan fingerprint density at radius 1 is 1.11 bits per heavy atom. The first-order valence-corrected chi connectivity index (χ1v) is 12.6. The second-order valence-electron chi connectivity index (χ2n) is 6.04. The number of hydrazone groups is 1. The molecular weight excluding hydrogens is 406 g/mol. The zero-order chi connectivity index (χ0) is 19.7. The van der Waals surface area contributed by atoms with Crippen LogP contribution in [0.25, 0.3) is 0 Å². The fourth-order valence-electron chi connectivity index (χ4n) is 2.73. The molecule has 0 saturated heterocycles. The van der Waals surface area contributed by atoms with Crippen LogP contribution in [0.2, 0.25) is 0 Å². The molecule has 0 radical (unpaired) electrons. The summed E-state index contributed by atoms with van der Waals surface area (Å²) >= 11 is 1.50. The Hall–Kier alpha value is -1.91. The van der Waals surface area contributed by atoms with Gasteiger partial charge < -0.3 is 0 Å². The Labute approximate surface area is 163 Å². The predicted molar refractivity (Wildman–Crippen MR) is 109 cm³/mol. The zero-order valence-corrected chi connectivity index (χ0v) is 17.4. The van der Waals surface area contributed by atoms with E-state index in [1.165, 1.54) is 15.8 Å². The first-order valence-electron chi connectivity index (χ1n) is 8.49. The third-order valence-electron chi connectivity index (χ3n) is 4.27. The molecule has 1 aliphatic rings. The van der Waals surface area contributed by atoms with Crippen LogP contribution in [0.4, 0.5) is 5.69 Å². The van der Waals surface area contributed by atoms with E-state index in [1.807, 2.05) is 17.5 Å². The van der Waals surface area contributed by atoms with Crippen molar-refractivity contribution in [3.63, 3.8) is 0 Å². The molecule has 1 aliphatic heterocycles. The summed E-state index contributed by atoms with van der Waals surface area (Å²) in [6.45, 7) is 3.17. The summed E-state index contributed by atoms with van der Waals surface area (Å²) in [5.41, 5.74) is 1.90. The third-order valence-corrected chi connectivity index (χ3v) is 8.18. The molecule has 3 rings (SSSR count). The van der Waals surface area contributed by atoms with E-state index in [0.29, 0.717) is 17.8 Å². The van der Waals surface area contributed by atoms with E-state index in [2.05, 4.69) is 9.82 Å². The number of hydrogen-bond donors (Lipinski definition) is 1. The lowest BCUT2D eigenvalue weighted by Crippen LogP contribution is -2.28. The summed E-state index contributed by atoms with van der Waals surface area (Å²) in [4.78, 5) is 0.943. The van der Waals surface area contributed by atoms with Gasteiger partial charge in [0.15, 0.2) is 0 Å². The number of thiophene rings is 1. The van der Waals surface area contributed by atoms with Gasteiger partial charge in [-0.2, -0.15) is 9.52 Å². The minimum absolute atomic E-state index is 0.00616. The molecule has 2 aromatic rings. The van der Waals surface area contributed by atoms with Crippen LogP contribution < -0.4 is 4.72 Å². The molecule has 1 aromatic heterocycles. The van der Waals surface area contributed by atoms with E-state index in [9.17, 15) is 16.8 Å². The van der Waals surface area contributed by atoms with Crippen LogP contribution in [0.5, 0.6) is 0 Å². The SMILES string of the molecule is CCS(=O)(=O)Nc1ccc(C2=NN(S(=O)(=O)CC)[C@@H](c3cccs3)C2)cc1. The molecule has 27 heavy (non-hydrogen) atoms. The smallest absolute Gasteiger partial charge is 0.250 e. The molecule has 0 aliphatic carbocycles. The second-order valence-corrected chi connectivity index (χ2v) is 11.1. The Kier molecular flexibility index (Phi) is 5.59. The van der Waals surface area contributed by atoms with Gasteiger partial charge >= 0.3 is 0 Å². The minimum Gasteiger partial charge on any atom is -0.284 e. The zero-order valence-electron chi connectivity index (χ0n) is 15.0. The van der Waals surface area contributed by atoms with Crippen molar-refractivity contribution in [3.8, 4) is 0 Å². The molecule has 1 N–H and O–H groups in total. The van der Waals surface area contributed by atoms with Crippen LogP contribution in [-0.4, -0.2) is 38.5 Å².